The molecule has 8 heteroatoms. The molecule has 0 aliphatic heterocycles. The number of anilines is 1. The van der Waals surface area contributed by atoms with Crippen molar-refractivity contribution in [3.8, 4) is 17.0 Å². The molecule has 1 amide bonds. The van der Waals surface area contributed by atoms with E-state index >= 15 is 0 Å². The van der Waals surface area contributed by atoms with Gasteiger partial charge in [0.05, 0.1) is 24.3 Å². The van der Waals surface area contributed by atoms with Crippen molar-refractivity contribution in [1.82, 2.24) is 4.98 Å². The Morgan fingerprint density at radius 3 is 2.48 bits per heavy atom. The van der Waals surface area contributed by atoms with Crippen LogP contribution in [0.3, 0.4) is 0 Å². The van der Waals surface area contributed by atoms with Gasteiger partial charge in [-0.1, -0.05) is 31.2 Å². The molecule has 0 atom stereocenters. The summed E-state index contributed by atoms with van der Waals surface area (Å²) in [6.07, 6.45) is 3.72. The first kappa shape index (κ1) is 22.7. The van der Waals surface area contributed by atoms with Gasteiger partial charge in [-0.25, -0.2) is 13.4 Å². The van der Waals surface area contributed by atoms with Gasteiger partial charge < -0.3 is 4.74 Å². The number of hydrogen-bond acceptors (Lipinski definition) is 6. The third kappa shape index (κ3) is 6.77. The molecular weight excluding hydrogens is 432 g/mol. The smallest absolute Gasteiger partial charge is 0.250 e. The SMILES string of the molecule is CCCS(=O)(=O)Cc1ccc(/C=C/C(=O)Nc2nc(-c3ccc(OC)cc3)cs2)cc1. The van der Waals surface area contributed by atoms with Crippen molar-refractivity contribution >= 4 is 38.3 Å². The summed E-state index contributed by atoms with van der Waals surface area (Å²) in [5.74, 6) is 0.705. The molecule has 0 aliphatic carbocycles. The molecular formula is C23H24N2O4S2. The maximum absolute atomic E-state index is 12.2. The minimum atomic E-state index is -3.07. The molecule has 0 spiro atoms. The van der Waals surface area contributed by atoms with E-state index in [1.54, 1.807) is 37.5 Å². The second-order valence-corrected chi connectivity index (χ2v) is 9.96. The first-order valence-electron chi connectivity index (χ1n) is 9.77. The highest BCUT2D eigenvalue weighted by molar-refractivity contribution is 7.90. The summed E-state index contributed by atoms with van der Waals surface area (Å²) in [5.41, 5.74) is 3.27. The Labute approximate surface area is 186 Å². The molecule has 0 saturated carbocycles. The molecule has 0 radical (unpaired) electrons. The molecule has 1 N–H and O–H groups in total. The highest BCUT2D eigenvalue weighted by atomic mass is 32.2. The molecule has 3 rings (SSSR count). The third-order valence-electron chi connectivity index (χ3n) is 4.43. The first-order chi connectivity index (χ1) is 14.9. The number of carbonyl (C=O) groups excluding carboxylic acids is 1. The predicted molar refractivity (Wildman–Crippen MR) is 126 cm³/mol. The lowest BCUT2D eigenvalue weighted by Gasteiger charge is -2.03. The molecule has 0 bridgehead atoms. The molecule has 2 aromatic carbocycles. The topological polar surface area (TPSA) is 85.4 Å². The highest BCUT2D eigenvalue weighted by Crippen LogP contribution is 2.26. The Balaban J connectivity index is 1.57. The van der Waals surface area contributed by atoms with E-state index in [1.807, 2.05) is 36.6 Å². The Bertz CT molecular complexity index is 1150. The van der Waals surface area contributed by atoms with Gasteiger partial charge in [0.15, 0.2) is 15.0 Å². The van der Waals surface area contributed by atoms with Crippen LogP contribution in [0.5, 0.6) is 5.75 Å². The van der Waals surface area contributed by atoms with E-state index in [4.69, 9.17) is 4.74 Å². The fraction of sp³-hybridized carbons (Fsp3) is 0.217. The number of carbonyl (C=O) groups is 1. The third-order valence-corrected chi connectivity index (χ3v) is 6.99. The average molecular weight is 457 g/mol. The number of benzene rings is 2. The lowest BCUT2D eigenvalue weighted by atomic mass is 10.1. The Morgan fingerprint density at radius 1 is 1.13 bits per heavy atom. The average Bonchev–Trinajstić information content (AvgIpc) is 3.21. The van der Waals surface area contributed by atoms with Crippen LogP contribution in [0.4, 0.5) is 5.13 Å². The van der Waals surface area contributed by atoms with E-state index in [9.17, 15) is 13.2 Å². The largest absolute Gasteiger partial charge is 0.497 e. The molecule has 0 aliphatic rings. The number of nitrogens with one attached hydrogen (secondary N) is 1. The molecule has 31 heavy (non-hydrogen) atoms. The van der Waals surface area contributed by atoms with Crippen LogP contribution in [-0.2, 0) is 20.4 Å². The van der Waals surface area contributed by atoms with Gasteiger partial charge in [-0.05, 0) is 47.9 Å². The van der Waals surface area contributed by atoms with Crippen molar-refractivity contribution in [2.24, 2.45) is 0 Å². The van der Waals surface area contributed by atoms with Crippen molar-refractivity contribution in [2.45, 2.75) is 19.1 Å². The normalized spacial score (nSPS) is 11.5. The molecule has 1 heterocycles. The monoisotopic (exact) mass is 456 g/mol. The van der Waals surface area contributed by atoms with E-state index < -0.39 is 9.84 Å². The number of amides is 1. The number of hydrogen-bond donors (Lipinski definition) is 1. The zero-order valence-electron chi connectivity index (χ0n) is 17.4. The predicted octanol–water partition coefficient (Wildman–Crippen LogP) is 4.80. The van der Waals surface area contributed by atoms with E-state index in [-0.39, 0.29) is 17.4 Å². The Kier molecular flexibility index (Phi) is 7.59. The van der Waals surface area contributed by atoms with Gasteiger partial charge in [0.2, 0.25) is 5.91 Å². The molecule has 0 saturated heterocycles. The van der Waals surface area contributed by atoms with Crippen molar-refractivity contribution in [2.75, 3.05) is 18.2 Å². The number of thiazole rings is 1. The summed E-state index contributed by atoms with van der Waals surface area (Å²) in [6, 6.07) is 14.7. The number of methoxy groups -OCH3 is 1. The van der Waals surface area contributed by atoms with Gasteiger partial charge in [0.1, 0.15) is 5.75 Å². The number of sulfone groups is 1. The minimum Gasteiger partial charge on any atom is -0.497 e. The van der Waals surface area contributed by atoms with Crippen LogP contribution in [0.15, 0.2) is 60.0 Å². The quantitative estimate of drug-likeness (QED) is 0.468. The zero-order chi connectivity index (χ0) is 22.3. The van der Waals surface area contributed by atoms with Gasteiger partial charge in [-0.15, -0.1) is 11.3 Å². The molecule has 0 unspecified atom stereocenters. The van der Waals surface area contributed by atoms with Gasteiger partial charge >= 0.3 is 0 Å². The standard InChI is InChI=1S/C23H24N2O4S2/c1-3-14-31(27,28)16-18-6-4-17(5-7-18)8-13-22(26)25-23-24-21(15-30-23)19-9-11-20(29-2)12-10-19/h4-13,15H,3,14,16H2,1-2H3,(H,24,25,26)/b13-8+. The molecule has 6 nitrogen and oxygen atoms in total. The van der Waals surface area contributed by atoms with Crippen LogP contribution in [0.2, 0.25) is 0 Å². The molecule has 0 fully saturated rings. The Morgan fingerprint density at radius 2 is 1.84 bits per heavy atom. The minimum absolute atomic E-state index is 0.0336. The van der Waals surface area contributed by atoms with Gasteiger partial charge in [-0.2, -0.15) is 0 Å². The van der Waals surface area contributed by atoms with Crippen LogP contribution in [-0.4, -0.2) is 32.2 Å². The molecule has 3 aromatic rings. The van der Waals surface area contributed by atoms with E-state index in [0.29, 0.717) is 11.6 Å². The fourth-order valence-corrected chi connectivity index (χ4v) is 5.10. The first-order valence-corrected chi connectivity index (χ1v) is 12.5. The van der Waals surface area contributed by atoms with Crippen molar-refractivity contribution < 1.29 is 17.9 Å². The second kappa shape index (κ2) is 10.4. The number of ether oxygens (including phenoxy) is 1. The van der Waals surface area contributed by atoms with Crippen LogP contribution < -0.4 is 10.1 Å². The van der Waals surface area contributed by atoms with Crippen molar-refractivity contribution in [3.63, 3.8) is 0 Å². The summed E-state index contributed by atoms with van der Waals surface area (Å²) < 4.78 is 29.0. The van der Waals surface area contributed by atoms with Gasteiger partial charge in [0.25, 0.3) is 0 Å². The fourth-order valence-electron chi connectivity index (χ4n) is 2.91. The van der Waals surface area contributed by atoms with Crippen LogP contribution >= 0.6 is 11.3 Å². The number of nitrogens with zero attached hydrogens (tertiary/aromatic N) is 1. The van der Waals surface area contributed by atoms with Gasteiger partial charge in [0, 0.05) is 17.0 Å². The van der Waals surface area contributed by atoms with Crippen LogP contribution in [0.25, 0.3) is 17.3 Å². The van der Waals surface area contributed by atoms with Crippen molar-refractivity contribution in [1.29, 1.82) is 0 Å². The van der Waals surface area contributed by atoms with Gasteiger partial charge in [-0.3, -0.25) is 10.1 Å². The summed E-state index contributed by atoms with van der Waals surface area (Å²) in [6.45, 7) is 1.85. The van der Waals surface area contributed by atoms with Crippen LogP contribution in [0.1, 0.15) is 24.5 Å². The lowest BCUT2D eigenvalue weighted by Crippen LogP contribution is -2.08. The lowest BCUT2D eigenvalue weighted by molar-refractivity contribution is -0.111. The van der Waals surface area contributed by atoms with Crippen LogP contribution in [0, 0.1) is 0 Å². The maximum Gasteiger partial charge on any atom is 0.250 e. The highest BCUT2D eigenvalue weighted by Gasteiger charge is 2.10. The zero-order valence-corrected chi connectivity index (χ0v) is 19.0. The molecule has 1 aromatic heterocycles. The summed E-state index contributed by atoms with van der Waals surface area (Å²) in [4.78, 5) is 16.7. The number of aromatic nitrogens is 1. The van der Waals surface area contributed by atoms with E-state index in [2.05, 4.69) is 10.3 Å². The summed E-state index contributed by atoms with van der Waals surface area (Å²) >= 11 is 1.35. The number of rotatable bonds is 9. The molecule has 162 valence electrons. The Hall–Kier alpha value is -2.97. The second-order valence-electron chi connectivity index (χ2n) is 6.92. The van der Waals surface area contributed by atoms with E-state index in [0.717, 1.165) is 28.1 Å². The van der Waals surface area contributed by atoms with Crippen molar-refractivity contribution in [3.05, 3.63) is 71.1 Å². The maximum atomic E-state index is 12.2. The summed E-state index contributed by atoms with van der Waals surface area (Å²) in [7, 11) is -1.46. The summed E-state index contributed by atoms with van der Waals surface area (Å²) in [5, 5.41) is 5.15. The van der Waals surface area contributed by atoms with E-state index in [1.165, 1.54) is 17.4 Å².